The molecule has 1 aliphatic rings. The second-order valence-electron chi connectivity index (χ2n) is 4.01. The van der Waals surface area contributed by atoms with Crippen LogP contribution in [0.15, 0.2) is 24.3 Å². The van der Waals surface area contributed by atoms with Gasteiger partial charge in [-0.25, -0.2) is 0 Å². The predicted octanol–water partition coefficient (Wildman–Crippen LogP) is 2.19. The summed E-state index contributed by atoms with van der Waals surface area (Å²) < 4.78 is 1.15. The molecule has 0 spiro atoms. The van der Waals surface area contributed by atoms with Crippen LogP contribution in [0, 0.1) is 3.57 Å². The Bertz CT molecular complexity index is 363. The topological polar surface area (TPSA) is 41.1 Å². The van der Waals surface area contributed by atoms with Gasteiger partial charge < -0.3 is 10.6 Å². The molecule has 0 bridgehead atoms. The van der Waals surface area contributed by atoms with Gasteiger partial charge in [0, 0.05) is 21.7 Å². The van der Waals surface area contributed by atoms with Crippen molar-refractivity contribution in [1.29, 1.82) is 0 Å². The Kier molecular flexibility index (Phi) is 6.22. The number of rotatable bonds is 3. The molecule has 5 heteroatoms. The van der Waals surface area contributed by atoms with Crippen molar-refractivity contribution in [3.63, 3.8) is 0 Å². The lowest BCUT2D eigenvalue weighted by Gasteiger charge is -2.11. The van der Waals surface area contributed by atoms with Gasteiger partial charge in [0.15, 0.2) is 0 Å². The summed E-state index contributed by atoms with van der Waals surface area (Å²) in [6.45, 7) is 1.80. The van der Waals surface area contributed by atoms with E-state index in [2.05, 4.69) is 33.2 Å². The van der Waals surface area contributed by atoms with E-state index in [1.165, 1.54) is 6.42 Å². The molecule has 3 nitrogen and oxygen atoms in total. The Morgan fingerprint density at radius 1 is 1.41 bits per heavy atom. The highest BCUT2D eigenvalue weighted by atomic mass is 127. The van der Waals surface area contributed by atoms with Gasteiger partial charge in [0.2, 0.25) is 0 Å². The Labute approximate surface area is 121 Å². The zero-order valence-corrected chi connectivity index (χ0v) is 12.4. The number of amides is 1. The summed E-state index contributed by atoms with van der Waals surface area (Å²) in [4.78, 5) is 11.8. The third-order valence-corrected chi connectivity index (χ3v) is 3.50. The average molecular weight is 367 g/mol. The number of hydrogen-bond donors (Lipinski definition) is 2. The first-order valence-corrected chi connectivity index (χ1v) is 6.61. The lowest BCUT2D eigenvalue weighted by Crippen LogP contribution is -2.37. The van der Waals surface area contributed by atoms with E-state index in [1.807, 2.05) is 24.3 Å². The monoisotopic (exact) mass is 366 g/mol. The Morgan fingerprint density at radius 3 is 2.71 bits per heavy atom. The third-order valence-electron chi connectivity index (χ3n) is 2.78. The fraction of sp³-hybridized carbons (Fsp3) is 0.417. The van der Waals surface area contributed by atoms with E-state index in [1.54, 1.807) is 0 Å². The summed E-state index contributed by atoms with van der Waals surface area (Å²) in [5.74, 6) is 0.0186. The van der Waals surface area contributed by atoms with Gasteiger partial charge in [-0.15, -0.1) is 12.4 Å². The molecule has 0 radical (unpaired) electrons. The summed E-state index contributed by atoms with van der Waals surface area (Å²) in [6.07, 6.45) is 2.37. The highest BCUT2D eigenvalue weighted by Gasteiger charge is 2.14. The third kappa shape index (κ3) is 4.44. The number of carbonyl (C=O) groups is 1. The van der Waals surface area contributed by atoms with Crippen LogP contribution < -0.4 is 10.6 Å². The SMILES string of the molecule is Cl.O=C(NCC1CCCN1)c1ccc(I)cc1. The quantitative estimate of drug-likeness (QED) is 0.805. The maximum Gasteiger partial charge on any atom is 0.251 e. The van der Waals surface area contributed by atoms with Crippen LogP contribution in [0.5, 0.6) is 0 Å². The molecule has 2 rings (SSSR count). The van der Waals surface area contributed by atoms with E-state index in [-0.39, 0.29) is 18.3 Å². The van der Waals surface area contributed by atoms with Crippen LogP contribution in [-0.2, 0) is 0 Å². The molecule has 1 heterocycles. The predicted molar refractivity (Wildman–Crippen MR) is 79.8 cm³/mol. The molecule has 1 aliphatic heterocycles. The highest BCUT2D eigenvalue weighted by molar-refractivity contribution is 14.1. The van der Waals surface area contributed by atoms with E-state index in [4.69, 9.17) is 0 Å². The van der Waals surface area contributed by atoms with Crippen LogP contribution in [0.2, 0.25) is 0 Å². The minimum Gasteiger partial charge on any atom is -0.350 e. The second-order valence-corrected chi connectivity index (χ2v) is 5.26. The fourth-order valence-electron chi connectivity index (χ4n) is 1.85. The van der Waals surface area contributed by atoms with Crippen LogP contribution in [-0.4, -0.2) is 25.0 Å². The van der Waals surface area contributed by atoms with Crippen molar-refractivity contribution in [2.24, 2.45) is 0 Å². The van der Waals surface area contributed by atoms with Gasteiger partial charge in [0.1, 0.15) is 0 Å². The first-order chi connectivity index (χ1) is 7.75. The minimum absolute atomic E-state index is 0. The van der Waals surface area contributed by atoms with Crippen molar-refractivity contribution in [3.05, 3.63) is 33.4 Å². The minimum atomic E-state index is 0. The molecule has 94 valence electrons. The maximum atomic E-state index is 11.8. The number of halogens is 2. The van der Waals surface area contributed by atoms with Crippen LogP contribution in [0.1, 0.15) is 23.2 Å². The summed E-state index contributed by atoms with van der Waals surface area (Å²) in [5, 5.41) is 6.31. The van der Waals surface area contributed by atoms with Crippen LogP contribution >= 0.6 is 35.0 Å². The molecule has 1 fully saturated rings. The van der Waals surface area contributed by atoms with Gasteiger partial charge in [-0.05, 0) is 66.2 Å². The standard InChI is InChI=1S/C12H15IN2O.ClH/c13-10-5-3-9(4-6-10)12(16)15-8-11-2-1-7-14-11;/h3-6,11,14H,1-2,7-8H2,(H,15,16);1H. The number of nitrogens with one attached hydrogen (secondary N) is 2. The summed E-state index contributed by atoms with van der Waals surface area (Å²) >= 11 is 2.23. The lowest BCUT2D eigenvalue weighted by molar-refractivity contribution is 0.0950. The molecular formula is C12H16ClIN2O. The molecule has 0 aliphatic carbocycles. The maximum absolute atomic E-state index is 11.8. The largest absolute Gasteiger partial charge is 0.350 e. The van der Waals surface area contributed by atoms with E-state index in [0.29, 0.717) is 6.04 Å². The fourth-order valence-corrected chi connectivity index (χ4v) is 2.21. The number of benzene rings is 1. The van der Waals surface area contributed by atoms with Gasteiger partial charge in [-0.3, -0.25) is 4.79 Å². The van der Waals surface area contributed by atoms with E-state index in [0.717, 1.165) is 28.6 Å². The molecule has 1 amide bonds. The number of carbonyl (C=O) groups excluding carboxylic acids is 1. The summed E-state index contributed by atoms with van der Waals surface area (Å²) in [5.41, 5.74) is 0.735. The summed E-state index contributed by atoms with van der Waals surface area (Å²) in [7, 11) is 0. The van der Waals surface area contributed by atoms with Crippen molar-refractivity contribution < 1.29 is 4.79 Å². The lowest BCUT2D eigenvalue weighted by atomic mass is 10.2. The zero-order valence-electron chi connectivity index (χ0n) is 9.41. The van der Waals surface area contributed by atoms with Crippen molar-refractivity contribution in [3.8, 4) is 0 Å². The molecule has 1 atom stereocenters. The van der Waals surface area contributed by atoms with Crippen molar-refractivity contribution in [2.45, 2.75) is 18.9 Å². The molecule has 0 aromatic heterocycles. The normalized spacial score (nSPS) is 18.5. The van der Waals surface area contributed by atoms with Crippen molar-refractivity contribution >= 4 is 40.9 Å². The molecular weight excluding hydrogens is 351 g/mol. The van der Waals surface area contributed by atoms with Crippen LogP contribution in [0.4, 0.5) is 0 Å². The van der Waals surface area contributed by atoms with E-state index < -0.39 is 0 Å². The van der Waals surface area contributed by atoms with Crippen molar-refractivity contribution in [2.75, 3.05) is 13.1 Å². The van der Waals surface area contributed by atoms with Gasteiger partial charge in [0.25, 0.3) is 5.91 Å². The molecule has 1 saturated heterocycles. The molecule has 1 aromatic rings. The highest BCUT2D eigenvalue weighted by Crippen LogP contribution is 2.07. The van der Waals surface area contributed by atoms with Crippen LogP contribution in [0.25, 0.3) is 0 Å². The smallest absolute Gasteiger partial charge is 0.251 e. The average Bonchev–Trinajstić information content (AvgIpc) is 2.80. The Morgan fingerprint density at radius 2 is 2.12 bits per heavy atom. The first kappa shape index (κ1) is 14.7. The summed E-state index contributed by atoms with van der Waals surface area (Å²) in [6, 6.07) is 8.07. The Balaban J connectivity index is 0.00000144. The van der Waals surface area contributed by atoms with Gasteiger partial charge in [0.05, 0.1) is 0 Å². The number of hydrogen-bond acceptors (Lipinski definition) is 2. The van der Waals surface area contributed by atoms with E-state index >= 15 is 0 Å². The Hall–Kier alpha value is -0.330. The molecule has 1 unspecified atom stereocenters. The molecule has 2 N–H and O–H groups in total. The second kappa shape index (κ2) is 7.18. The van der Waals surface area contributed by atoms with Crippen molar-refractivity contribution in [1.82, 2.24) is 10.6 Å². The van der Waals surface area contributed by atoms with Gasteiger partial charge in [-0.1, -0.05) is 0 Å². The zero-order chi connectivity index (χ0) is 11.4. The van der Waals surface area contributed by atoms with E-state index in [9.17, 15) is 4.79 Å². The first-order valence-electron chi connectivity index (χ1n) is 5.53. The molecule has 0 saturated carbocycles. The van der Waals surface area contributed by atoms with Gasteiger partial charge in [-0.2, -0.15) is 0 Å². The molecule has 17 heavy (non-hydrogen) atoms. The van der Waals surface area contributed by atoms with Gasteiger partial charge >= 0.3 is 0 Å². The molecule has 1 aromatic carbocycles. The van der Waals surface area contributed by atoms with Crippen LogP contribution in [0.3, 0.4) is 0 Å².